The molecule has 2 heteroatoms. The summed E-state index contributed by atoms with van der Waals surface area (Å²) in [4.78, 5) is 1.52. The van der Waals surface area contributed by atoms with Crippen molar-refractivity contribution in [3.05, 3.63) is 12.7 Å². The van der Waals surface area contributed by atoms with E-state index in [2.05, 4.69) is 18.4 Å². The van der Waals surface area contributed by atoms with Crippen molar-refractivity contribution in [3.63, 3.8) is 0 Å². The van der Waals surface area contributed by atoms with Crippen molar-refractivity contribution >= 4 is 0 Å². The molecule has 1 fully saturated rings. The molecule has 0 saturated carbocycles. The Hall–Kier alpha value is -0.780. The van der Waals surface area contributed by atoms with E-state index in [1.807, 2.05) is 0 Å². The summed E-state index contributed by atoms with van der Waals surface area (Å²) in [5, 5.41) is 0. The minimum Gasteiger partial charge on any atom is -0.370 e. The van der Waals surface area contributed by atoms with E-state index in [-0.39, 0.29) is 0 Å². The van der Waals surface area contributed by atoms with Crippen LogP contribution in [-0.2, 0) is 4.74 Å². The van der Waals surface area contributed by atoms with Crippen molar-refractivity contribution in [2.75, 3.05) is 32.8 Å². The van der Waals surface area contributed by atoms with Crippen molar-refractivity contribution in [1.82, 2.24) is 0 Å². The van der Waals surface area contributed by atoms with Crippen LogP contribution >= 0.6 is 0 Å². The fourth-order valence-corrected chi connectivity index (χ4v) is 1.09. The first-order valence-electron chi connectivity index (χ1n) is 3.94. The molecule has 0 atom stereocenters. The summed E-state index contributed by atoms with van der Waals surface area (Å²) in [6.45, 7) is 8.40. The van der Waals surface area contributed by atoms with Crippen LogP contribution in [0.1, 0.15) is 0 Å². The van der Waals surface area contributed by atoms with Crippen LogP contribution in [0.2, 0.25) is 0 Å². The summed E-state index contributed by atoms with van der Waals surface area (Å²) in [5.74, 6) is 5.89. The maximum absolute atomic E-state index is 5.22. The van der Waals surface area contributed by atoms with Gasteiger partial charge in [-0.2, -0.15) is 0 Å². The third-order valence-corrected chi connectivity index (χ3v) is 1.74. The lowest BCUT2D eigenvalue weighted by atomic mass is 10.4. The monoisotopic (exact) mass is 152 g/mol. The van der Waals surface area contributed by atoms with Crippen LogP contribution in [0.4, 0.5) is 0 Å². The van der Waals surface area contributed by atoms with Crippen LogP contribution in [0, 0.1) is 11.8 Å². The third kappa shape index (κ3) is 3.22. The van der Waals surface area contributed by atoms with E-state index in [1.165, 1.54) is 4.90 Å². The van der Waals surface area contributed by atoms with Gasteiger partial charge in [-0.25, -0.2) is 0 Å². The summed E-state index contributed by atoms with van der Waals surface area (Å²) < 4.78 is 5.22. The minimum absolute atomic E-state index is 0.880. The highest BCUT2D eigenvalue weighted by Gasteiger charge is 2.10. The first-order chi connectivity index (χ1) is 5.43. The standard InChI is InChI=1S/C9H13NO/c1-2-3-4-5-10-6-8-11-9-7-10/h2H,1,5-9H2/p+1. The molecule has 1 heterocycles. The predicted octanol–water partition coefficient (Wildman–Crippen LogP) is -0.909. The van der Waals surface area contributed by atoms with Gasteiger partial charge in [0, 0.05) is 0 Å². The largest absolute Gasteiger partial charge is 0.370 e. The van der Waals surface area contributed by atoms with Gasteiger partial charge < -0.3 is 9.64 Å². The Balaban J connectivity index is 2.19. The molecule has 0 unspecified atom stereocenters. The Morgan fingerprint density at radius 1 is 1.45 bits per heavy atom. The molecule has 2 nitrogen and oxygen atoms in total. The van der Waals surface area contributed by atoms with Crippen LogP contribution < -0.4 is 4.90 Å². The Morgan fingerprint density at radius 3 is 2.82 bits per heavy atom. The number of allylic oxidation sites excluding steroid dienone is 1. The number of hydrogen-bond donors (Lipinski definition) is 1. The van der Waals surface area contributed by atoms with Crippen LogP contribution in [0.5, 0.6) is 0 Å². The van der Waals surface area contributed by atoms with Crippen molar-refractivity contribution in [2.24, 2.45) is 0 Å². The van der Waals surface area contributed by atoms with Gasteiger partial charge in [0.15, 0.2) is 0 Å². The first kappa shape index (κ1) is 8.32. The van der Waals surface area contributed by atoms with Crippen molar-refractivity contribution in [2.45, 2.75) is 0 Å². The quantitative estimate of drug-likeness (QED) is 0.480. The zero-order chi connectivity index (χ0) is 7.94. The predicted molar refractivity (Wildman–Crippen MR) is 44.4 cm³/mol. The minimum atomic E-state index is 0.880. The molecule has 0 radical (unpaired) electrons. The molecule has 0 aromatic heterocycles. The van der Waals surface area contributed by atoms with E-state index in [9.17, 15) is 0 Å². The van der Waals surface area contributed by atoms with E-state index in [0.29, 0.717) is 0 Å². The molecular weight excluding hydrogens is 138 g/mol. The molecule has 60 valence electrons. The highest BCUT2D eigenvalue weighted by Crippen LogP contribution is 1.73. The number of rotatable bonds is 1. The fraction of sp³-hybridized carbons (Fsp3) is 0.556. The second-order valence-corrected chi connectivity index (χ2v) is 2.56. The molecule has 0 aliphatic carbocycles. The Labute approximate surface area is 67.8 Å². The smallest absolute Gasteiger partial charge is 0.139 e. The third-order valence-electron chi connectivity index (χ3n) is 1.74. The van der Waals surface area contributed by atoms with Crippen LogP contribution in [-0.4, -0.2) is 32.8 Å². The van der Waals surface area contributed by atoms with Gasteiger partial charge >= 0.3 is 0 Å². The molecule has 0 aromatic rings. The molecule has 0 bridgehead atoms. The molecule has 1 aliphatic heterocycles. The average Bonchev–Trinajstić information content (AvgIpc) is 2.07. The van der Waals surface area contributed by atoms with Crippen LogP contribution in [0.25, 0.3) is 0 Å². The molecule has 1 saturated heterocycles. The van der Waals surface area contributed by atoms with Gasteiger partial charge in [0.1, 0.15) is 19.6 Å². The molecule has 0 spiro atoms. The molecular formula is C9H14NO+. The maximum Gasteiger partial charge on any atom is 0.139 e. The van der Waals surface area contributed by atoms with E-state index < -0.39 is 0 Å². The lowest BCUT2D eigenvalue weighted by molar-refractivity contribution is -0.900. The fourth-order valence-electron chi connectivity index (χ4n) is 1.09. The molecule has 11 heavy (non-hydrogen) atoms. The topological polar surface area (TPSA) is 13.7 Å². The number of nitrogens with one attached hydrogen (secondary N) is 1. The summed E-state index contributed by atoms with van der Waals surface area (Å²) in [6.07, 6.45) is 1.64. The Kier molecular flexibility index (Phi) is 3.74. The van der Waals surface area contributed by atoms with E-state index in [0.717, 1.165) is 32.8 Å². The highest BCUT2D eigenvalue weighted by molar-refractivity contribution is 5.11. The summed E-state index contributed by atoms with van der Waals surface area (Å²) in [5.41, 5.74) is 0. The van der Waals surface area contributed by atoms with Gasteiger partial charge in [-0.3, -0.25) is 0 Å². The summed E-state index contributed by atoms with van der Waals surface area (Å²) in [7, 11) is 0. The summed E-state index contributed by atoms with van der Waals surface area (Å²) in [6, 6.07) is 0. The summed E-state index contributed by atoms with van der Waals surface area (Å²) >= 11 is 0. The van der Waals surface area contributed by atoms with Crippen LogP contribution in [0.15, 0.2) is 12.7 Å². The number of ether oxygens (including phenoxy) is 1. The van der Waals surface area contributed by atoms with E-state index in [1.54, 1.807) is 6.08 Å². The normalized spacial score (nSPS) is 18.5. The molecule has 1 N–H and O–H groups in total. The lowest BCUT2D eigenvalue weighted by Gasteiger charge is -2.21. The van der Waals surface area contributed by atoms with Gasteiger partial charge in [-0.1, -0.05) is 12.5 Å². The van der Waals surface area contributed by atoms with Gasteiger partial charge in [0.25, 0.3) is 0 Å². The van der Waals surface area contributed by atoms with E-state index >= 15 is 0 Å². The highest BCUT2D eigenvalue weighted by atomic mass is 16.5. The van der Waals surface area contributed by atoms with Gasteiger partial charge in [-0.15, -0.1) is 0 Å². The van der Waals surface area contributed by atoms with Gasteiger partial charge in [0.2, 0.25) is 0 Å². The molecule has 0 amide bonds. The Bertz CT molecular complexity index is 172. The molecule has 0 aromatic carbocycles. The van der Waals surface area contributed by atoms with E-state index in [4.69, 9.17) is 4.74 Å². The average molecular weight is 152 g/mol. The first-order valence-corrected chi connectivity index (χ1v) is 3.94. The van der Waals surface area contributed by atoms with Crippen molar-refractivity contribution < 1.29 is 9.64 Å². The van der Waals surface area contributed by atoms with Crippen molar-refractivity contribution in [3.8, 4) is 11.8 Å². The SMILES string of the molecule is C=CC#CC[NH+]1CCOCC1. The lowest BCUT2D eigenvalue weighted by Crippen LogP contribution is -3.14. The number of hydrogen-bond acceptors (Lipinski definition) is 1. The zero-order valence-corrected chi connectivity index (χ0v) is 6.73. The molecule has 1 rings (SSSR count). The Morgan fingerprint density at radius 2 is 2.18 bits per heavy atom. The number of quaternary nitrogens is 1. The van der Waals surface area contributed by atoms with Crippen molar-refractivity contribution in [1.29, 1.82) is 0 Å². The second-order valence-electron chi connectivity index (χ2n) is 2.56. The zero-order valence-electron chi connectivity index (χ0n) is 6.73. The van der Waals surface area contributed by atoms with Gasteiger partial charge in [0.05, 0.1) is 13.2 Å². The van der Waals surface area contributed by atoms with Gasteiger partial charge in [-0.05, 0) is 12.0 Å². The van der Waals surface area contributed by atoms with Crippen LogP contribution in [0.3, 0.4) is 0 Å². The maximum atomic E-state index is 5.22. The second kappa shape index (κ2) is 4.95. The molecule has 1 aliphatic rings. The number of morpholine rings is 1.